The maximum Gasteiger partial charge on any atom is 0.241 e. The molecule has 0 fully saturated rings. The molecule has 152 valence electrons. The van der Waals surface area contributed by atoms with Crippen LogP contribution < -0.4 is 9.62 Å². The fraction of sp³-hybridized carbons (Fsp3) is 0.350. The average Bonchev–Trinajstić information content (AvgIpc) is 2.63. The second-order valence-corrected chi connectivity index (χ2v) is 9.20. The Morgan fingerprint density at radius 1 is 1.04 bits per heavy atom. The smallest absolute Gasteiger partial charge is 0.241 e. The number of sulfonamides is 1. The number of nitrogens with zero attached hydrogens (tertiary/aromatic N) is 1. The van der Waals surface area contributed by atoms with Crippen LogP contribution in [-0.4, -0.2) is 27.1 Å². The van der Waals surface area contributed by atoms with E-state index in [1.807, 2.05) is 0 Å². The Morgan fingerprint density at radius 2 is 1.75 bits per heavy atom. The summed E-state index contributed by atoms with van der Waals surface area (Å²) in [6, 6.07) is 10.7. The predicted octanol–water partition coefficient (Wildman–Crippen LogP) is 4.20. The molecule has 2 aromatic carbocycles. The van der Waals surface area contributed by atoms with Crippen LogP contribution in [0.1, 0.15) is 30.5 Å². The van der Waals surface area contributed by atoms with Gasteiger partial charge in [-0.1, -0.05) is 55.2 Å². The van der Waals surface area contributed by atoms with Crippen LogP contribution >= 0.6 is 23.2 Å². The molecule has 1 N–H and O–H groups in total. The standard InChI is InChI=1S/C20H24Cl2N2O3S/c1-4-14-6-7-15(5-2)16(10-14)12-23-20(25)13-24(28(3,26)27)19-9-8-17(21)11-18(19)22/h6-11H,4-5,12-13H2,1-3H3,(H,23,25). The molecule has 0 heterocycles. The Bertz CT molecular complexity index is 962. The molecule has 2 rings (SSSR count). The quantitative estimate of drug-likeness (QED) is 0.665. The molecule has 8 heteroatoms. The van der Waals surface area contributed by atoms with Crippen LogP contribution in [0, 0.1) is 0 Å². The largest absolute Gasteiger partial charge is 0.350 e. The van der Waals surface area contributed by atoms with Gasteiger partial charge in [0.1, 0.15) is 6.54 Å². The first-order valence-corrected chi connectivity index (χ1v) is 11.6. The van der Waals surface area contributed by atoms with Crippen molar-refractivity contribution in [3.05, 3.63) is 63.1 Å². The molecule has 28 heavy (non-hydrogen) atoms. The van der Waals surface area contributed by atoms with E-state index in [0.29, 0.717) is 11.6 Å². The molecule has 0 aliphatic rings. The summed E-state index contributed by atoms with van der Waals surface area (Å²) in [7, 11) is -3.71. The van der Waals surface area contributed by atoms with Crippen molar-refractivity contribution < 1.29 is 13.2 Å². The molecule has 0 aromatic heterocycles. The van der Waals surface area contributed by atoms with Gasteiger partial charge >= 0.3 is 0 Å². The summed E-state index contributed by atoms with van der Waals surface area (Å²) in [6.07, 6.45) is 2.79. The Kier molecular flexibility index (Phi) is 7.75. The molecule has 0 bridgehead atoms. The second-order valence-electron chi connectivity index (χ2n) is 6.45. The normalized spacial score (nSPS) is 11.3. The van der Waals surface area contributed by atoms with Gasteiger partial charge in [-0.2, -0.15) is 0 Å². The molecular weight excluding hydrogens is 419 g/mol. The molecule has 0 radical (unpaired) electrons. The van der Waals surface area contributed by atoms with Gasteiger partial charge in [0.2, 0.25) is 15.9 Å². The molecule has 0 saturated carbocycles. The highest BCUT2D eigenvalue weighted by Gasteiger charge is 2.23. The fourth-order valence-corrected chi connectivity index (χ4v) is 4.28. The zero-order valence-electron chi connectivity index (χ0n) is 16.1. The van der Waals surface area contributed by atoms with Gasteiger partial charge in [-0.05, 0) is 47.7 Å². The molecule has 5 nitrogen and oxygen atoms in total. The number of anilines is 1. The molecule has 0 spiro atoms. The number of hydrogen-bond donors (Lipinski definition) is 1. The lowest BCUT2D eigenvalue weighted by molar-refractivity contribution is -0.119. The lowest BCUT2D eigenvalue weighted by Gasteiger charge is -2.23. The number of rotatable bonds is 8. The Labute approximate surface area is 176 Å². The van der Waals surface area contributed by atoms with E-state index in [1.165, 1.54) is 23.8 Å². The highest BCUT2D eigenvalue weighted by atomic mass is 35.5. The van der Waals surface area contributed by atoms with Gasteiger partial charge in [0.05, 0.1) is 17.0 Å². The van der Waals surface area contributed by atoms with Gasteiger partial charge in [-0.25, -0.2) is 8.42 Å². The summed E-state index contributed by atoms with van der Waals surface area (Å²) >= 11 is 12.0. The summed E-state index contributed by atoms with van der Waals surface area (Å²) in [5.74, 6) is -0.416. The summed E-state index contributed by atoms with van der Waals surface area (Å²) < 4.78 is 25.4. The topological polar surface area (TPSA) is 66.5 Å². The maximum atomic E-state index is 12.5. The van der Waals surface area contributed by atoms with Crippen LogP contribution in [0.2, 0.25) is 10.0 Å². The average molecular weight is 443 g/mol. The Morgan fingerprint density at radius 3 is 2.32 bits per heavy atom. The van der Waals surface area contributed by atoms with Crippen LogP contribution in [0.3, 0.4) is 0 Å². The van der Waals surface area contributed by atoms with E-state index < -0.39 is 15.9 Å². The third-order valence-corrected chi connectivity index (χ3v) is 6.07. The molecule has 1 amide bonds. The molecule has 2 aromatic rings. The van der Waals surface area contributed by atoms with Gasteiger partial charge in [-0.3, -0.25) is 9.10 Å². The predicted molar refractivity (Wildman–Crippen MR) is 116 cm³/mol. The number of nitrogens with one attached hydrogen (secondary N) is 1. The van der Waals surface area contributed by atoms with E-state index in [0.717, 1.165) is 34.5 Å². The zero-order chi connectivity index (χ0) is 20.9. The minimum absolute atomic E-state index is 0.162. The van der Waals surface area contributed by atoms with Gasteiger partial charge < -0.3 is 5.32 Å². The van der Waals surface area contributed by atoms with Crippen LogP contribution in [0.15, 0.2) is 36.4 Å². The van der Waals surface area contributed by atoms with Crippen molar-refractivity contribution in [3.8, 4) is 0 Å². The highest BCUT2D eigenvalue weighted by molar-refractivity contribution is 7.92. The first-order valence-electron chi connectivity index (χ1n) is 8.95. The van der Waals surface area contributed by atoms with Crippen LogP contribution in [0.25, 0.3) is 0 Å². The number of carbonyl (C=O) groups is 1. The number of amides is 1. The lowest BCUT2D eigenvalue weighted by atomic mass is 10.0. The minimum Gasteiger partial charge on any atom is -0.350 e. The third kappa shape index (κ3) is 5.87. The first-order chi connectivity index (χ1) is 13.2. The molecule has 0 aliphatic heterocycles. The van der Waals surface area contributed by atoms with Crippen molar-refractivity contribution >= 4 is 44.8 Å². The van der Waals surface area contributed by atoms with E-state index >= 15 is 0 Å². The lowest BCUT2D eigenvalue weighted by Crippen LogP contribution is -2.40. The van der Waals surface area contributed by atoms with Gasteiger partial charge in [0.15, 0.2) is 0 Å². The number of carbonyl (C=O) groups excluding carboxylic acids is 1. The Balaban J connectivity index is 2.17. The van der Waals surface area contributed by atoms with Crippen molar-refractivity contribution in [1.29, 1.82) is 0 Å². The molecule has 0 atom stereocenters. The molecule has 0 saturated heterocycles. The fourth-order valence-electron chi connectivity index (χ4n) is 2.85. The van der Waals surface area contributed by atoms with E-state index in [9.17, 15) is 13.2 Å². The number of aryl methyl sites for hydroxylation is 2. The molecule has 0 aliphatic carbocycles. The zero-order valence-corrected chi connectivity index (χ0v) is 18.5. The van der Waals surface area contributed by atoms with E-state index in [-0.39, 0.29) is 17.3 Å². The van der Waals surface area contributed by atoms with Crippen molar-refractivity contribution in [2.45, 2.75) is 33.2 Å². The maximum absolute atomic E-state index is 12.5. The van der Waals surface area contributed by atoms with Crippen molar-refractivity contribution in [1.82, 2.24) is 5.32 Å². The van der Waals surface area contributed by atoms with Crippen LogP contribution in [0.4, 0.5) is 5.69 Å². The van der Waals surface area contributed by atoms with Gasteiger partial charge in [0.25, 0.3) is 0 Å². The van der Waals surface area contributed by atoms with E-state index in [4.69, 9.17) is 23.2 Å². The summed E-state index contributed by atoms with van der Waals surface area (Å²) in [6.45, 7) is 4.10. The summed E-state index contributed by atoms with van der Waals surface area (Å²) in [5.41, 5.74) is 3.59. The number of benzene rings is 2. The van der Waals surface area contributed by atoms with Crippen LogP contribution in [0.5, 0.6) is 0 Å². The summed E-state index contributed by atoms with van der Waals surface area (Å²) in [4.78, 5) is 12.5. The Hall–Kier alpha value is -1.76. The summed E-state index contributed by atoms with van der Waals surface area (Å²) in [5, 5.41) is 3.36. The van der Waals surface area contributed by atoms with Crippen LogP contribution in [-0.2, 0) is 34.2 Å². The van der Waals surface area contributed by atoms with E-state index in [1.54, 1.807) is 0 Å². The van der Waals surface area contributed by atoms with E-state index in [2.05, 4.69) is 37.4 Å². The van der Waals surface area contributed by atoms with Gasteiger partial charge in [-0.15, -0.1) is 0 Å². The number of hydrogen-bond acceptors (Lipinski definition) is 3. The SMILES string of the molecule is CCc1ccc(CC)c(CNC(=O)CN(c2ccc(Cl)cc2Cl)S(C)(=O)=O)c1. The molecule has 0 unspecified atom stereocenters. The highest BCUT2D eigenvalue weighted by Crippen LogP contribution is 2.30. The third-order valence-electron chi connectivity index (χ3n) is 4.40. The molecular formula is C20H24Cl2N2O3S. The number of halogens is 2. The monoisotopic (exact) mass is 442 g/mol. The van der Waals surface area contributed by atoms with Gasteiger partial charge in [0, 0.05) is 11.6 Å². The first kappa shape index (κ1) is 22.5. The van der Waals surface area contributed by atoms with Crippen molar-refractivity contribution in [3.63, 3.8) is 0 Å². The minimum atomic E-state index is -3.71. The van der Waals surface area contributed by atoms with Crippen molar-refractivity contribution in [2.75, 3.05) is 17.1 Å². The van der Waals surface area contributed by atoms with Crippen molar-refractivity contribution in [2.24, 2.45) is 0 Å². The second kappa shape index (κ2) is 9.63.